The van der Waals surface area contributed by atoms with Crippen LogP contribution < -0.4 is 10.6 Å². The first-order chi connectivity index (χ1) is 14.6. The summed E-state index contributed by atoms with van der Waals surface area (Å²) in [4.78, 5) is 41.2. The van der Waals surface area contributed by atoms with Gasteiger partial charge >= 0.3 is 0 Å². The molecule has 2 atom stereocenters. The van der Waals surface area contributed by atoms with E-state index in [0.717, 1.165) is 22.3 Å². The Bertz CT molecular complexity index is 1120. The van der Waals surface area contributed by atoms with Crippen molar-refractivity contribution >= 4 is 51.0 Å². The molecular formula is C19H18F2N4O4S2. The van der Waals surface area contributed by atoms with Gasteiger partial charge in [-0.05, 0) is 13.8 Å². The van der Waals surface area contributed by atoms with E-state index >= 15 is 0 Å². The molecule has 0 radical (unpaired) electrons. The smallest absolute Gasteiger partial charge is 0.253 e. The number of hydrogen-bond acceptors (Lipinski definition) is 8. The van der Waals surface area contributed by atoms with Crippen LogP contribution in [0.25, 0.3) is 10.2 Å². The fraction of sp³-hybridized carbons (Fsp3) is 0.368. The summed E-state index contributed by atoms with van der Waals surface area (Å²) < 4.78 is 27.3. The van der Waals surface area contributed by atoms with Gasteiger partial charge in [0, 0.05) is 36.1 Å². The maximum absolute atomic E-state index is 14.2. The van der Waals surface area contributed by atoms with Crippen LogP contribution in [0.2, 0.25) is 0 Å². The number of halogens is 2. The van der Waals surface area contributed by atoms with Crippen molar-refractivity contribution in [3.05, 3.63) is 34.9 Å². The Balaban J connectivity index is 1.45. The number of nitrogens with zero attached hydrogens (tertiary/aromatic N) is 2. The van der Waals surface area contributed by atoms with Gasteiger partial charge in [-0.1, -0.05) is 0 Å². The van der Waals surface area contributed by atoms with Crippen molar-refractivity contribution in [2.24, 2.45) is 0 Å². The van der Waals surface area contributed by atoms with Crippen LogP contribution in [0.15, 0.2) is 18.2 Å². The normalized spacial score (nSPS) is 22.6. The fourth-order valence-electron chi connectivity index (χ4n) is 3.43. The molecule has 2 aliphatic heterocycles. The summed E-state index contributed by atoms with van der Waals surface area (Å²) in [6.45, 7) is 3.90. The van der Waals surface area contributed by atoms with E-state index in [1.54, 1.807) is 0 Å². The average Bonchev–Trinajstić information content (AvgIpc) is 3.36. The molecule has 2 aromatic rings. The molecule has 12 heteroatoms. The molecule has 3 N–H and O–H groups in total. The van der Waals surface area contributed by atoms with E-state index in [1.807, 2.05) is 13.8 Å². The van der Waals surface area contributed by atoms with Crippen molar-refractivity contribution < 1.29 is 28.3 Å². The van der Waals surface area contributed by atoms with Gasteiger partial charge in [-0.15, -0.1) is 23.1 Å². The Morgan fingerprint density at radius 2 is 2.00 bits per heavy atom. The Hall–Kier alpha value is -2.57. The number of imide groups is 1. The molecule has 1 fully saturated rings. The van der Waals surface area contributed by atoms with Crippen molar-refractivity contribution in [2.45, 2.75) is 30.0 Å². The summed E-state index contributed by atoms with van der Waals surface area (Å²) in [6, 6.07) is 0.339. The molecular weight excluding hydrogens is 450 g/mol. The van der Waals surface area contributed by atoms with Crippen LogP contribution in [-0.4, -0.2) is 56.6 Å². The number of hydrogen-bond donors (Lipinski definition) is 3. The Labute approximate surface area is 183 Å². The molecule has 1 aromatic carbocycles. The maximum atomic E-state index is 14.2. The zero-order valence-electron chi connectivity index (χ0n) is 16.4. The lowest BCUT2D eigenvalue weighted by molar-refractivity contribution is -0.137. The molecule has 31 heavy (non-hydrogen) atoms. The van der Waals surface area contributed by atoms with Crippen LogP contribution in [0.3, 0.4) is 0 Å². The second-order valence-electron chi connectivity index (χ2n) is 7.57. The maximum Gasteiger partial charge on any atom is 0.253 e. The highest BCUT2D eigenvalue weighted by atomic mass is 32.2. The van der Waals surface area contributed by atoms with Crippen molar-refractivity contribution in [2.75, 3.05) is 13.1 Å². The Kier molecular flexibility index (Phi) is 5.48. The third-order valence-corrected chi connectivity index (χ3v) is 7.74. The Morgan fingerprint density at radius 3 is 2.68 bits per heavy atom. The zero-order chi connectivity index (χ0) is 22.5. The molecule has 8 nitrogen and oxygen atoms in total. The predicted octanol–water partition coefficient (Wildman–Crippen LogP) is 1.80. The molecule has 3 heterocycles. The van der Waals surface area contributed by atoms with Gasteiger partial charge in [0.05, 0.1) is 10.2 Å². The summed E-state index contributed by atoms with van der Waals surface area (Å²) in [5, 5.41) is 15.4. The molecule has 4 rings (SSSR count). The van der Waals surface area contributed by atoms with Gasteiger partial charge in [0.1, 0.15) is 16.4 Å². The summed E-state index contributed by atoms with van der Waals surface area (Å²) >= 11 is 2.39. The van der Waals surface area contributed by atoms with E-state index in [-0.39, 0.29) is 29.2 Å². The van der Waals surface area contributed by atoms with Gasteiger partial charge < -0.3 is 10.4 Å². The standard InChI is InChI=1S/C19H18F2N4O4S2/c1-19(2)15(16(29)22-5-6-25-10(26)3-4-11(25)27)24-18(31-19)17-23-9-7-8(20)13(28)12(21)14(9)30-17/h3-4,7,15,18,24,28H,5-6H2,1-2H3,(H,22,29). The van der Waals surface area contributed by atoms with Crippen LogP contribution in [0, 0.1) is 11.6 Å². The van der Waals surface area contributed by atoms with Crippen molar-refractivity contribution in [1.82, 2.24) is 20.5 Å². The van der Waals surface area contributed by atoms with Crippen LogP contribution in [-0.2, 0) is 14.4 Å². The van der Waals surface area contributed by atoms with Crippen LogP contribution in [0.5, 0.6) is 5.75 Å². The lowest BCUT2D eigenvalue weighted by atomic mass is 10.0. The summed E-state index contributed by atoms with van der Waals surface area (Å²) in [5.41, 5.74) is 0.0921. The van der Waals surface area contributed by atoms with Gasteiger partial charge in [0.15, 0.2) is 17.4 Å². The third-order valence-electron chi connectivity index (χ3n) is 5.02. The van der Waals surface area contributed by atoms with E-state index in [1.165, 1.54) is 23.9 Å². The molecule has 0 aliphatic carbocycles. The monoisotopic (exact) mass is 468 g/mol. The highest BCUT2D eigenvalue weighted by Crippen LogP contribution is 2.47. The quantitative estimate of drug-likeness (QED) is 0.574. The second kappa shape index (κ2) is 7.84. The minimum Gasteiger partial charge on any atom is -0.503 e. The van der Waals surface area contributed by atoms with E-state index in [9.17, 15) is 28.3 Å². The van der Waals surface area contributed by atoms with Crippen molar-refractivity contribution in [3.63, 3.8) is 0 Å². The van der Waals surface area contributed by atoms with E-state index in [4.69, 9.17) is 0 Å². The molecule has 1 aromatic heterocycles. The number of thiazole rings is 1. The molecule has 0 bridgehead atoms. The average molecular weight is 469 g/mol. The first-order valence-corrected chi connectivity index (χ1v) is 11.0. The number of fused-ring (bicyclic) bond motifs is 1. The summed E-state index contributed by atoms with van der Waals surface area (Å²) in [6.07, 6.45) is 2.36. The van der Waals surface area contributed by atoms with Gasteiger partial charge in [0.25, 0.3) is 11.8 Å². The molecule has 0 spiro atoms. The summed E-state index contributed by atoms with van der Waals surface area (Å²) in [5.74, 6) is -4.34. The number of carbonyl (C=O) groups is 3. The number of carbonyl (C=O) groups excluding carboxylic acids is 3. The SMILES string of the molecule is CC1(C)SC(c2nc3cc(F)c(O)c(F)c3s2)NC1C(=O)NCCN1C(=O)C=CC1=O. The molecule has 0 saturated carbocycles. The number of aromatic hydroxyl groups is 1. The molecule has 164 valence electrons. The number of aromatic nitrogens is 1. The topological polar surface area (TPSA) is 112 Å². The molecule has 2 unspecified atom stereocenters. The van der Waals surface area contributed by atoms with E-state index < -0.39 is 45.4 Å². The molecule has 3 amide bonds. The number of phenolic OH excluding ortho intramolecular Hbond substituents is 1. The van der Waals surface area contributed by atoms with Gasteiger partial charge in [0.2, 0.25) is 5.91 Å². The van der Waals surface area contributed by atoms with Crippen LogP contribution >= 0.6 is 23.1 Å². The van der Waals surface area contributed by atoms with Crippen LogP contribution in [0.1, 0.15) is 24.2 Å². The van der Waals surface area contributed by atoms with Crippen molar-refractivity contribution in [1.29, 1.82) is 0 Å². The third kappa shape index (κ3) is 3.90. The number of phenols is 1. The molecule has 2 aliphatic rings. The number of nitrogens with one attached hydrogen (secondary N) is 2. The van der Waals surface area contributed by atoms with Crippen molar-refractivity contribution in [3.8, 4) is 5.75 Å². The van der Waals surface area contributed by atoms with E-state index in [0.29, 0.717) is 5.01 Å². The Morgan fingerprint density at radius 1 is 1.32 bits per heavy atom. The van der Waals surface area contributed by atoms with Gasteiger partial charge in [-0.2, -0.15) is 0 Å². The summed E-state index contributed by atoms with van der Waals surface area (Å²) in [7, 11) is 0. The predicted molar refractivity (Wildman–Crippen MR) is 111 cm³/mol. The lowest BCUT2D eigenvalue weighted by Gasteiger charge is -2.24. The van der Waals surface area contributed by atoms with Crippen LogP contribution in [0.4, 0.5) is 8.78 Å². The fourth-order valence-corrected chi connectivity index (χ4v) is 5.92. The zero-order valence-corrected chi connectivity index (χ0v) is 18.1. The van der Waals surface area contributed by atoms with E-state index in [2.05, 4.69) is 15.6 Å². The number of benzene rings is 1. The first-order valence-electron chi connectivity index (χ1n) is 9.31. The highest BCUT2D eigenvalue weighted by molar-refractivity contribution is 8.01. The highest BCUT2D eigenvalue weighted by Gasteiger charge is 2.46. The minimum absolute atomic E-state index is 0.0376. The molecule has 1 saturated heterocycles. The number of amides is 3. The number of thioether (sulfide) groups is 1. The largest absolute Gasteiger partial charge is 0.503 e. The first kappa shape index (κ1) is 21.7. The van der Waals surface area contributed by atoms with Gasteiger partial charge in [-0.25, -0.2) is 13.8 Å². The van der Waals surface area contributed by atoms with Gasteiger partial charge in [-0.3, -0.25) is 24.6 Å². The second-order valence-corrected chi connectivity index (χ2v) is 10.4. The number of rotatable bonds is 5. The minimum atomic E-state index is -1.09. The lowest BCUT2D eigenvalue weighted by Crippen LogP contribution is -2.51.